The number of benzene rings is 1. The van der Waals surface area contributed by atoms with Gasteiger partial charge in [-0.2, -0.15) is 0 Å². The molecule has 1 aromatic carbocycles. The minimum absolute atomic E-state index is 0.00738. The SMILES string of the molecule is COc1c(Cl)ccc(-c2nc(N)c(SC)c(C(C)=O)n2)c1F. The summed E-state index contributed by atoms with van der Waals surface area (Å²) in [5, 5.41) is 0.129. The molecule has 2 N–H and O–H groups in total. The number of hydrogen-bond acceptors (Lipinski definition) is 6. The van der Waals surface area contributed by atoms with Crippen molar-refractivity contribution in [2.45, 2.75) is 11.8 Å². The molecule has 2 rings (SSSR count). The molecule has 22 heavy (non-hydrogen) atoms. The monoisotopic (exact) mass is 341 g/mol. The first-order chi connectivity index (χ1) is 10.4. The first-order valence-electron chi connectivity index (χ1n) is 6.15. The number of aromatic nitrogens is 2. The number of ketones is 1. The van der Waals surface area contributed by atoms with Gasteiger partial charge in [-0.1, -0.05) is 11.6 Å². The number of anilines is 1. The molecule has 116 valence electrons. The van der Waals surface area contributed by atoms with Crippen molar-refractivity contribution in [1.29, 1.82) is 0 Å². The van der Waals surface area contributed by atoms with Crippen molar-refractivity contribution in [2.24, 2.45) is 0 Å². The van der Waals surface area contributed by atoms with Gasteiger partial charge in [0.2, 0.25) is 0 Å². The van der Waals surface area contributed by atoms with Crippen molar-refractivity contribution in [3.05, 3.63) is 28.7 Å². The van der Waals surface area contributed by atoms with Crippen molar-refractivity contribution in [1.82, 2.24) is 9.97 Å². The number of carbonyl (C=O) groups excluding carboxylic acids is 1. The fourth-order valence-electron chi connectivity index (χ4n) is 1.92. The number of Topliss-reactive ketones (excluding diaryl/α,β-unsaturated/α-hetero) is 1. The summed E-state index contributed by atoms with van der Waals surface area (Å²) in [6, 6.07) is 2.88. The fraction of sp³-hybridized carbons (Fsp3) is 0.214. The third-order valence-corrected chi connectivity index (χ3v) is 4.03. The van der Waals surface area contributed by atoms with Gasteiger partial charge in [-0.15, -0.1) is 11.8 Å². The van der Waals surface area contributed by atoms with Crippen molar-refractivity contribution in [3.8, 4) is 17.1 Å². The zero-order valence-electron chi connectivity index (χ0n) is 12.1. The molecule has 0 saturated heterocycles. The van der Waals surface area contributed by atoms with Crippen LogP contribution in [0.15, 0.2) is 17.0 Å². The maximum Gasteiger partial charge on any atom is 0.179 e. The number of halogens is 2. The molecule has 0 saturated carbocycles. The van der Waals surface area contributed by atoms with E-state index < -0.39 is 5.82 Å². The van der Waals surface area contributed by atoms with Crippen LogP contribution in [-0.4, -0.2) is 29.1 Å². The van der Waals surface area contributed by atoms with Crippen LogP contribution in [0.2, 0.25) is 5.02 Å². The first-order valence-corrected chi connectivity index (χ1v) is 7.75. The predicted molar refractivity (Wildman–Crippen MR) is 85.2 cm³/mol. The number of carbonyl (C=O) groups is 1. The van der Waals surface area contributed by atoms with Crippen LogP contribution in [0.5, 0.6) is 5.75 Å². The lowest BCUT2D eigenvalue weighted by Gasteiger charge is -2.12. The second-order valence-corrected chi connectivity index (χ2v) is 5.54. The second-order valence-electron chi connectivity index (χ2n) is 4.31. The van der Waals surface area contributed by atoms with E-state index in [-0.39, 0.29) is 39.5 Å². The maximum atomic E-state index is 14.4. The Labute approximate surface area is 136 Å². The highest BCUT2D eigenvalue weighted by molar-refractivity contribution is 7.98. The zero-order valence-corrected chi connectivity index (χ0v) is 13.7. The Morgan fingerprint density at radius 2 is 2.09 bits per heavy atom. The summed E-state index contributed by atoms with van der Waals surface area (Å²) in [6.45, 7) is 1.37. The second kappa shape index (κ2) is 6.50. The average Bonchev–Trinajstić information content (AvgIpc) is 2.46. The molecule has 8 heteroatoms. The summed E-state index contributed by atoms with van der Waals surface area (Å²) in [6.07, 6.45) is 1.76. The lowest BCUT2D eigenvalue weighted by atomic mass is 10.1. The predicted octanol–water partition coefficient (Wildman–Crippen LogP) is 3.45. The number of nitrogens with two attached hydrogens (primary N) is 1. The van der Waals surface area contributed by atoms with Crippen molar-refractivity contribution < 1.29 is 13.9 Å². The molecular formula is C14H13ClFN3O2S. The maximum absolute atomic E-state index is 14.4. The number of ether oxygens (including phenoxy) is 1. The van der Waals surface area contributed by atoms with Gasteiger partial charge in [0.25, 0.3) is 0 Å². The molecule has 0 atom stereocenters. The number of nitrogens with zero attached hydrogens (tertiary/aromatic N) is 2. The molecule has 0 unspecified atom stereocenters. The van der Waals surface area contributed by atoms with Crippen molar-refractivity contribution in [2.75, 3.05) is 19.1 Å². The topological polar surface area (TPSA) is 78.1 Å². The highest BCUT2D eigenvalue weighted by Gasteiger charge is 2.20. The normalized spacial score (nSPS) is 10.6. The molecule has 0 aliphatic carbocycles. The molecule has 1 heterocycles. The van der Waals surface area contributed by atoms with Gasteiger partial charge in [-0.25, -0.2) is 14.4 Å². The Hall–Kier alpha value is -1.86. The average molecular weight is 342 g/mol. The van der Waals surface area contributed by atoms with Crippen LogP contribution < -0.4 is 10.5 Å². The lowest BCUT2D eigenvalue weighted by molar-refractivity contribution is 0.101. The molecule has 0 radical (unpaired) electrons. The number of nitrogen functional groups attached to an aromatic ring is 1. The molecule has 1 aromatic heterocycles. The van der Waals surface area contributed by atoms with Gasteiger partial charge in [0.15, 0.2) is 23.2 Å². The number of thioether (sulfide) groups is 1. The molecule has 5 nitrogen and oxygen atoms in total. The van der Waals surface area contributed by atoms with Gasteiger partial charge in [-0.3, -0.25) is 4.79 Å². The van der Waals surface area contributed by atoms with E-state index in [4.69, 9.17) is 22.1 Å². The van der Waals surface area contributed by atoms with Crippen LogP contribution in [0.1, 0.15) is 17.4 Å². The minimum atomic E-state index is -0.708. The van der Waals surface area contributed by atoms with E-state index in [0.29, 0.717) is 4.90 Å². The van der Waals surface area contributed by atoms with Crippen LogP contribution in [-0.2, 0) is 0 Å². The Kier molecular flexibility index (Phi) is 4.87. The highest BCUT2D eigenvalue weighted by atomic mass is 35.5. The molecule has 0 amide bonds. The molecular weight excluding hydrogens is 329 g/mol. The van der Waals surface area contributed by atoms with Crippen molar-refractivity contribution in [3.63, 3.8) is 0 Å². The summed E-state index contributed by atoms with van der Waals surface area (Å²) in [5.41, 5.74) is 6.07. The van der Waals surface area contributed by atoms with Gasteiger partial charge in [-0.05, 0) is 18.4 Å². The van der Waals surface area contributed by atoms with Gasteiger partial charge in [0.1, 0.15) is 11.5 Å². The van der Waals surface area contributed by atoms with Gasteiger partial charge >= 0.3 is 0 Å². The van der Waals surface area contributed by atoms with E-state index in [9.17, 15) is 9.18 Å². The summed E-state index contributed by atoms with van der Waals surface area (Å²) < 4.78 is 19.4. The number of rotatable bonds is 4. The highest BCUT2D eigenvalue weighted by Crippen LogP contribution is 2.35. The lowest BCUT2D eigenvalue weighted by Crippen LogP contribution is -2.08. The molecule has 0 aliphatic rings. The largest absolute Gasteiger partial charge is 0.492 e. The molecule has 2 aromatic rings. The van der Waals surface area contributed by atoms with Crippen LogP contribution in [0.4, 0.5) is 10.2 Å². The third-order valence-electron chi connectivity index (χ3n) is 2.92. The summed E-state index contributed by atoms with van der Waals surface area (Å²) in [5.74, 6) is -0.967. The summed E-state index contributed by atoms with van der Waals surface area (Å²) in [7, 11) is 1.31. The number of hydrogen-bond donors (Lipinski definition) is 1. The number of methoxy groups -OCH3 is 1. The Morgan fingerprint density at radius 1 is 1.41 bits per heavy atom. The van der Waals surface area contributed by atoms with E-state index >= 15 is 0 Å². The quantitative estimate of drug-likeness (QED) is 0.678. The van der Waals surface area contributed by atoms with E-state index in [2.05, 4.69) is 9.97 Å². The third kappa shape index (κ3) is 2.86. The van der Waals surface area contributed by atoms with E-state index in [1.165, 1.54) is 37.9 Å². The smallest absolute Gasteiger partial charge is 0.179 e. The van der Waals surface area contributed by atoms with Crippen LogP contribution in [0.25, 0.3) is 11.4 Å². The van der Waals surface area contributed by atoms with Crippen LogP contribution in [0, 0.1) is 5.82 Å². The Morgan fingerprint density at radius 3 is 2.64 bits per heavy atom. The Balaban J connectivity index is 2.71. The van der Waals surface area contributed by atoms with Crippen molar-refractivity contribution >= 4 is 35.0 Å². The zero-order chi connectivity index (χ0) is 16.4. The van der Waals surface area contributed by atoms with Gasteiger partial charge in [0.05, 0.1) is 22.6 Å². The van der Waals surface area contributed by atoms with E-state index in [0.717, 1.165) is 0 Å². The molecule has 0 aliphatic heterocycles. The van der Waals surface area contributed by atoms with Gasteiger partial charge in [0, 0.05) is 6.92 Å². The summed E-state index contributed by atoms with van der Waals surface area (Å²) >= 11 is 7.12. The van der Waals surface area contributed by atoms with Crippen LogP contribution in [0.3, 0.4) is 0 Å². The molecule has 0 bridgehead atoms. The molecule has 0 spiro atoms. The van der Waals surface area contributed by atoms with E-state index in [1.807, 2.05) is 0 Å². The van der Waals surface area contributed by atoms with E-state index in [1.54, 1.807) is 6.26 Å². The standard InChI is InChI=1S/C14H13ClFN3O2S/c1-6(20)10-12(22-3)13(17)19-14(18-10)7-4-5-8(15)11(21-2)9(7)16/h4-5H,1-3H3,(H2,17,18,19). The Bertz CT molecular complexity index is 755. The minimum Gasteiger partial charge on any atom is -0.492 e. The first kappa shape index (κ1) is 16.5. The summed E-state index contributed by atoms with van der Waals surface area (Å²) in [4.78, 5) is 20.4. The van der Waals surface area contributed by atoms with Crippen LogP contribution >= 0.6 is 23.4 Å². The molecule has 0 fully saturated rings. The fourth-order valence-corrected chi connectivity index (χ4v) is 2.78. The van der Waals surface area contributed by atoms with Gasteiger partial charge < -0.3 is 10.5 Å².